The zero-order valence-electron chi connectivity index (χ0n) is 10.6. The van der Waals surface area contributed by atoms with Gasteiger partial charge in [-0.15, -0.1) is 0 Å². The fourth-order valence-electron chi connectivity index (χ4n) is 1.59. The van der Waals surface area contributed by atoms with E-state index in [2.05, 4.69) is 10.6 Å². The first-order valence-electron chi connectivity index (χ1n) is 5.89. The molecule has 18 heavy (non-hydrogen) atoms. The van der Waals surface area contributed by atoms with Gasteiger partial charge in [0.15, 0.2) is 5.96 Å². The summed E-state index contributed by atoms with van der Waals surface area (Å²) in [4.78, 5) is 0. The molecule has 2 aromatic rings. The zero-order valence-corrected chi connectivity index (χ0v) is 10.6. The highest BCUT2D eigenvalue weighted by Gasteiger charge is 1.98. The fraction of sp³-hybridized carbons (Fsp3) is 0.133. The molecule has 0 heterocycles. The van der Waals surface area contributed by atoms with Crippen LogP contribution >= 0.6 is 0 Å². The molecule has 0 spiro atoms. The van der Waals surface area contributed by atoms with Crippen LogP contribution in [0.2, 0.25) is 0 Å². The van der Waals surface area contributed by atoms with Crippen LogP contribution in [0.3, 0.4) is 0 Å². The molecule has 0 aliphatic heterocycles. The standard InChI is InChI=1S/C15H17N3/c1-11-3-7-13(8-4-11)17-15(16)18-14-9-5-12(2)6-10-14/h3-10H,1-2H3,(H3,16,17,18). The zero-order chi connectivity index (χ0) is 13.0. The van der Waals surface area contributed by atoms with E-state index in [0.29, 0.717) is 0 Å². The molecule has 3 N–H and O–H groups in total. The number of nitrogens with one attached hydrogen (secondary N) is 3. The third kappa shape index (κ3) is 3.35. The van der Waals surface area contributed by atoms with Crippen LogP contribution in [0.5, 0.6) is 0 Å². The monoisotopic (exact) mass is 239 g/mol. The number of rotatable bonds is 2. The molecule has 0 saturated heterocycles. The number of guanidine groups is 1. The van der Waals surface area contributed by atoms with Crippen LogP contribution in [-0.2, 0) is 0 Å². The molecule has 3 nitrogen and oxygen atoms in total. The molecule has 0 aliphatic carbocycles. The Balaban J connectivity index is 1.96. The molecule has 0 unspecified atom stereocenters. The molecule has 0 saturated carbocycles. The van der Waals surface area contributed by atoms with Gasteiger partial charge in [0.25, 0.3) is 0 Å². The van der Waals surface area contributed by atoms with Gasteiger partial charge in [-0.05, 0) is 38.1 Å². The molecule has 0 fully saturated rings. The van der Waals surface area contributed by atoms with E-state index in [9.17, 15) is 0 Å². The van der Waals surface area contributed by atoms with Crippen LogP contribution in [0.4, 0.5) is 11.4 Å². The van der Waals surface area contributed by atoms with Gasteiger partial charge >= 0.3 is 0 Å². The van der Waals surface area contributed by atoms with Gasteiger partial charge in [-0.2, -0.15) is 0 Å². The molecular formula is C15H17N3. The predicted molar refractivity (Wildman–Crippen MR) is 77.3 cm³/mol. The van der Waals surface area contributed by atoms with Crippen LogP contribution in [0.1, 0.15) is 11.1 Å². The lowest BCUT2D eigenvalue weighted by Crippen LogP contribution is -2.20. The van der Waals surface area contributed by atoms with Crippen molar-refractivity contribution >= 4 is 17.3 Å². The summed E-state index contributed by atoms with van der Waals surface area (Å²) in [6.07, 6.45) is 0. The van der Waals surface area contributed by atoms with Crippen molar-refractivity contribution in [1.82, 2.24) is 0 Å². The van der Waals surface area contributed by atoms with Crippen molar-refractivity contribution in [1.29, 1.82) is 5.41 Å². The third-order valence-corrected chi connectivity index (χ3v) is 2.64. The summed E-state index contributed by atoms with van der Waals surface area (Å²) in [5.41, 5.74) is 4.23. The molecule has 2 aromatic carbocycles. The van der Waals surface area contributed by atoms with Gasteiger partial charge in [0.1, 0.15) is 0 Å². The molecule has 0 bridgehead atoms. The van der Waals surface area contributed by atoms with Gasteiger partial charge in [-0.1, -0.05) is 35.4 Å². The summed E-state index contributed by atoms with van der Waals surface area (Å²) in [6.45, 7) is 4.08. The number of benzene rings is 2. The lowest BCUT2D eigenvalue weighted by molar-refractivity contribution is 1.40. The lowest BCUT2D eigenvalue weighted by atomic mass is 10.2. The van der Waals surface area contributed by atoms with E-state index >= 15 is 0 Å². The molecule has 2 rings (SSSR count). The topological polar surface area (TPSA) is 47.9 Å². The Morgan fingerprint density at radius 3 is 1.39 bits per heavy atom. The van der Waals surface area contributed by atoms with Gasteiger partial charge in [-0.3, -0.25) is 5.41 Å². The van der Waals surface area contributed by atoms with Crippen LogP contribution in [0.15, 0.2) is 48.5 Å². The molecule has 0 atom stereocenters. The first-order chi connectivity index (χ1) is 8.63. The summed E-state index contributed by atoms with van der Waals surface area (Å²) in [5.74, 6) is 0.266. The van der Waals surface area contributed by atoms with Crippen LogP contribution in [-0.4, -0.2) is 5.96 Å². The van der Waals surface area contributed by atoms with Gasteiger partial charge < -0.3 is 10.6 Å². The van der Waals surface area contributed by atoms with Crippen LogP contribution in [0, 0.1) is 19.3 Å². The summed E-state index contributed by atoms with van der Waals surface area (Å²) in [5, 5.41) is 13.9. The van der Waals surface area contributed by atoms with Crippen LogP contribution in [0.25, 0.3) is 0 Å². The fourth-order valence-corrected chi connectivity index (χ4v) is 1.59. The minimum atomic E-state index is 0.266. The highest BCUT2D eigenvalue weighted by atomic mass is 15.1. The Morgan fingerprint density at radius 2 is 1.06 bits per heavy atom. The Kier molecular flexibility index (Phi) is 3.63. The number of anilines is 2. The highest BCUT2D eigenvalue weighted by Crippen LogP contribution is 2.11. The van der Waals surface area contributed by atoms with E-state index in [1.807, 2.05) is 62.4 Å². The van der Waals surface area contributed by atoms with Crippen molar-refractivity contribution < 1.29 is 0 Å². The smallest absolute Gasteiger partial charge is 0.197 e. The van der Waals surface area contributed by atoms with Gasteiger partial charge in [-0.25, -0.2) is 0 Å². The number of hydrogen-bond acceptors (Lipinski definition) is 1. The Hall–Kier alpha value is -2.29. The minimum Gasteiger partial charge on any atom is -0.326 e. The molecule has 0 aromatic heterocycles. The second kappa shape index (κ2) is 5.36. The van der Waals surface area contributed by atoms with Crippen molar-refractivity contribution in [2.75, 3.05) is 10.6 Å². The summed E-state index contributed by atoms with van der Waals surface area (Å²) in [7, 11) is 0. The summed E-state index contributed by atoms with van der Waals surface area (Å²) >= 11 is 0. The van der Waals surface area contributed by atoms with Gasteiger partial charge in [0.05, 0.1) is 0 Å². The van der Waals surface area contributed by atoms with Gasteiger partial charge in [0, 0.05) is 11.4 Å². The first-order valence-corrected chi connectivity index (χ1v) is 5.89. The lowest BCUT2D eigenvalue weighted by Gasteiger charge is -2.10. The summed E-state index contributed by atoms with van der Waals surface area (Å²) in [6, 6.07) is 15.9. The quantitative estimate of drug-likeness (QED) is 0.552. The maximum atomic E-state index is 7.85. The second-order valence-electron chi connectivity index (χ2n) is 4.36. The van der Waals surface area contributed by atoms with E-state index in [1.165, 1.54) is 11.1 Å². The normalized spacial score (nSPS) is 9.89. The molecular weight excluding hydrogens is 222 g/mol. The van der Waals surface area contributed by atoms with Crippen molar-refractivity contribution in [3.05, 3.63) is 59.7 Å². The Morgan fingerprint density at radius 1 is 0.722 bits per heavy atom. The molecule has 0 aliphatic rings. The number of aryl methyl sites for hydroxylation is 2. The largest absolute Gasteiger partial charge is 0.326 e. The van der Waals surface area contributed by atoms with E-state index in [1.54, 1.807) is 0 Å². The summed E-state index contributed by atoms with van der Waals surface area (Å²) < 4.78 is 0. The molecule has 0 radical (unpaired) electrons. The average Bonchev–Trinajstić information content (AvgIpc) is 2.35. The SMILES string of the molecule is Cc1ccc(NC(=N)Nc2ccc(C)cc2)cc1. The van der Waals surface area contributed by atoms with Crippen molar-refractivity contribution in [2.24, 2.45) is 0 Å². The highest BCUT2D eigenvalue weighted by molar-refractivity contribution is 6.01. The first kappa shape index (κ1) is 12.2. The number of hydrogen-bond donors (Lipinski definition) is 3. The maximum absolute atomic E-state index is 7.85. The van der Waals surface area contributed by atoms with Gasteiger partial charge in [0.2, 0.25) is 0 Å². The van der Waals surface area contributed by atoms with Crippen LogP contribution < -0.4 is 10.6 Å². The van der Waals surface area contributed by atoms with Crippen molar-refractivity contribution in [2.45, 2.75) is 13.8 Å². The van der Waals surface area contributed by atoms with Crippen molar-refractivity contribution in [3.8, 4) is 0 Å². The van der Waals surface area contributed by atoms with E-state index in [4.69, 9.17) is 5.41 Å². The Bertz CT molecular complexity index is 477. The molecule has 3 heteroatoms. The second-order valence-corrected chi connectivity index (χ2v) is 4.36. The van der Waals surface area contributed by atoms with E-state index in [0.717, 1.165) is 11.4 Å². The van der Waals surface area contributed by atoms with E-state index < -0.39 is 0 Å². The van der Waals surface area contributed by atoms with E-state index in [-0.39, 0.29) is 5.96 Å². The molecule has 0 amide bonds. The third-order valence-electron chi connectivity index (χ3n) is 2.64. The molecule has 92 valence electrons. The Labute approximate surface area is 107 Å². The average molecular weight is 239 g/mol. The maximum Gasteiger partial charge on any atom is 0.197 e. The predicted octanol–water partition coefficient (Wildman–Crippen LogP) is 3.76. The minimum absolute atomic E-state index is 0.266. The van der Waals surface area contributed by atoms with Crippen molar-refractivity contribution in [3.63, 3.8) is 0 Å².